The molecule has 2 aromatic rings. The van der Waals surface area contributed by atoms with Gasteiger partial charge in [-0.05, 0) is 23.6 Å². The maximum absolute atomic E-state index is 11.2. The van der Waals surface area contributed by atoms with E-state index in [2.05, 4.69) is 18.8 Å². The number of benzene rings is 1. The highest BCUT2D eigenvalue weighted by atomic mass is 16.5. The lowest BCUT2D eigenvalue weighted by atomic mass is 9.99. The molecule has 1 aromatic heterocycles. The fraction of sp³-hybridized carbons (Fsp3) is 0.333. The van der Waals surface area contributed by atoms with E-state index in [0.29, 0.717) is 17.3 Å². The van der Waals surface area contributed by atoms with E-state index in [1.54, 1.807) is 25.1 Å². The van der Waals surface area contributed by atoms with Crippen LogP contribution in [-0.2, 0) is 7.05 Å². The summed E-state index contributed by atoms with van der Waals surface area (Å²) in [6.07, 6.45) is 2.45. The van der Waals surface area contributed by atoms with Gasteiger partial charge in [0.05, 0.1) is 13.4 Å². The van der Waals surface area contributed by atoms with Crippen molar-refractivity contribution in [3.63, 3.8) is 0 Å². The van der Waals surface area contributed by atoms with Crippen molar-refractivity contribution in [2.24, 2.45) is 7.05 Å². The fourth-order valence-corrected chi connectivity index (χ4v) is 2.05. The summed E-state index contributed by atoms with van der Waals surface area (Å²) < 4.78 is 7.14. The molecule has 0 aliphatic heterocycles. The predicted octanol–water partition coefficient (Wildman–Crippen LogP) is 3.03. The Morgan fingerprint density at radius 1 is 1.37 bits per heavy atom. The van der Waals surface area contributed by atoms with Crippen LogP contribution in [-0.4, -0.2) is 22.9 Å². The molecule has 4 heteroatoms. The average Bonchev–Trinajstić information content (AvgIpc) is 2.78. The number of imidazole rings is 1. The van der Waals surface area contributed by atoms with E-state index in [9.17, 15) is 4.79 Å². The molecule has 100 valence electrons. The van der Waals surface area contributed by atoms with Crippen molar-refractivity contribution in [2.45, 2.75) is 19.8 Å². The molecule has 0 spiro atoms. The molecule has 1 heterocycles. The van der Waals surface area contributed by atoms with Crippen LogP contribution < -0.4 is 4.74 Å². The van der Waals surface area contributed by atoms with Crippen LogP contribution in [0.25, 0.3) is 11.3 Å². The third kappa shape index (κ3) is 2.38. The van der Waals surface area contributed by atoms with E-state index >= 15 is 0 Å². The maximum Gasteiger partial charge on any atom is 0.168 e. The highest BCUT2D eigenvalue weighted by Gasteiger charge is 2.15. The maximum atomic E-state index is 11.2. The summed E-state index contributed by atoms with van der Waals surface area (Å²) in [5.41, 5.74) is 3.25. The number of hydrogen-bond acceptors (Lipinski definition) is 3. The van der Waals surface area contributed by atoms with Gasteiger partial charge in [0.15, 0.2) is 6.29 Å². The first-order valence-corrected chi connectivity index (χ1v) is 6.23. The van der Waals surface area contributed by atoms with Crippen LogP contribution in [0.1, 0.15) is 35.8 Å². The number of rotatable bonds is 4. The zero-order chi connectivity index (χ0) is 14.0. The van der Waals surface area contributed by atoms with Crippen molar-refractivity contribution in [2.75, 3.05) is 7.11 Å². The molecule has 0 radical (unpaired) electrons. The van der Waals surface area contributed by atoms with E-state index in [0.717, 1.165) is 17.6 Å². The molecule has 0 bridgehead atoms. The fourth-order valence-electron chi connectivity index (χ4n) is 2.05. The Kier molecular flexibility index (Phi) is 3.69. The molecule has 0 aliphatic rings. The molecule has 0 unspecified atom stereocenters. The van der Waals surface area contributed by atoms with Crippen molar-refractivity contribution in [3.05, 3.63) is 35.8 Å². The number of carbonyl (C=O) groups excluding carboxylic acids is 1. The first-order valence-electron chi connectivity index (χ1n) is 6.23. The van der Waals surface area contributed by atoms with Crippen molar-refractivity contribution in [1.82, 2.24) is 9.55 Å². The first-order chi connectivity index (χ1) is 9.08. The summed E-state index contributed by atoms with van der Waals surface area (Å²) in [5, 5.41) is 0. The molecular formula is C15H18N2O2. The van der Waals surface area contributed by atoms with Gasteiger partial charge in [-0.25, -0.2) is 4.98 Å². The van der Waals surface area contributed by atoms with Gasteiger partial charge in [0, 0.05) is 12.6 Å². The lowest BCUT2D eigenvalue weighted by Gasteiger charge is -2.12. The van der Waals surface area contributed by atoms with E-state index in [1.807, 2.05) is 18.2 Å². The van der Waals surface area contributed by atoms with Crippen molar-refractivity contribution < 1.29 is 9.53 Å². The molecule has 19 heavy (non-hydrogen) atoms. The number of carbonyl (C=O) groups is 1. The standard InChI is InChI=1S/C15H18N2O2/c1-10(2)11-5-6-12(14(7-11)19-4)15-13(8-18)17(3)9-16-15/h5-10H,1-4H3. The van der Waals surface area contributed by atoms with Gasteiger partial charge in [0.2, 0.25) is 0 Å². The first kappa shape index (κ1) is 13.3. The smallest absolute Gasteiger partial charge is 0.168 e. The molecule has 0 aliphatic carbocycles. The minimum atomic E-state index is 0.428. The Morgan fingerprint density at radius 3 is 2.68 bits per heavy atom. The van der Waals surface area contributed by atoms with Gasteiger partial charge in [-0.1, -0.05) is 19.9 Å². The highest BCUT2D eigenvalue weighted by Crippen LogP contribution is 2.33. The Labute approximate surface area is 113 Å². The minimum Gasteiger partial charge on any atom is -0.496 e. The average molecular weight is 258 g/mol. The van der Waals surface area contributed by atoms with Gasteiger partial charge in [-0.15, -0.1) is 0 Å². The zero-order valence-corrected chi connectivity index (χ0v) is 11.7. The van der Waals surface area contributed by atoms with Crippen LogP contribution in [0, 0.1) is 0 Å². The van der Waals surface area contributed by atoms with Crippen molar-refractivity contribution in [3.8, 4) is 17.0 Å². The van der Waals surface area contributed by atoms with Gasteiger partial charge in [-0.2, -0.15) is 0 Å². The number of aldehydes is 1. The Hall–Kier alpha value is -2.10. The molecule has 0 atom stereocenters. The molecule has 0 saturated heterocycles. The van der Waals surface area contributed by atoms with Crippen molar-refractivity contribution >= 4 is 6.29 Å². The zero-order valence-electron chi connectivity index (χ0n) is 11.7. The summed E-state index contributed by atoms with van der Waals surface area (Å²) >= 11 is 0. The van der Waals surface area contributed by atoms with Crippen LogP contribution >= 0.6 is 0 Å². The summed E-state index contributed by atoms with van der Waals surface area (Å²) in [4.78, 5) is 15.4. The third-order valence-corrected chi connectivity index (χ3v) is 3.24. The topological polar surface area (TPSA) is 44.1 Å². The number of aromatic nitrogens is 2. The lowest BCUT2D eigenvalue weighted by molar-refractivity contribution is 0.111. The molecule has 0 N–H and O–H groups in total. The number of methoxy groups -OCH3 is 1. The van der Waals surface area contributed by atoms with Gasteiger partial charge < -0.3 is 9.30 Å². The molecule has 0 fully saturated rings. The Bertz CT molecular complexity index is 600. The molecule has 2 rings (SSSR count). The van der Waals surface area contributed by atoms with Crippen LogP contribution in [0.15, 0.2) is 24.5 Å². The monoisotopic (exact) mass is 258 g/mol. The second-order valence-corrected chi connectivity index (χ2v) is 4.82. The quantitative estimate of drug-likeness (QED) is 0.792. The van der Waals surface area contributed by atoms with Gasteiger partial charge in [0.1, 0.15) is 17.1 Å². The second kappa shape index (κ2) is 5.26. The second-order valence-electron chi connectivity index (χ2n) is 4.82. The summed E-state index contributed by atoms with van der Waals surface area (Å²) in [5.74, 6) is 1.17. The van der Waals surface area contributed by atoms with E-state index in [1.165, 1.54) is 5.56 Å². The number of nitrogens with zero attached hydrogens (tertiary/aromatic N) is 2. The van der Waals surface area contributed by atoms with Gasteiger partial charge in [-0.3, -0.25) is 4.79 Å². The van der Waals surface area contributed by atoms with E-state index in [4.69, 9.17) is 4.74 Å². The summed E-state index contributed by atoms with van der Waals surface area (Å²) in [7, 11) is 3.43. The van der Waals surface area contributed by atoms with E-state index in [-0.39, 0.29) is 0 Å². The molecule has 1 aromatic carbocycles. The lowest BCUT2D eigenvalue weighted by Crippen LogP contribution is -1.97. The summed E-state index contributed by atoms with van der Waals surface area (Å²) in [6, 6.07) is 6.01. The van der Waals surface area contributed by atoms with Crippen LogP contribution in [0.5, 0.6) is 5.75 Å². The van der Waals surface area contributed by atoms with Gasteiger partial charge >= 0.3 is 0 Å². The molecule has 0 saturated carbocycles. The largest absolute Gasteiger partial charge is 0.496 e. The number of aryl methyl sites for hydroxylation is 1. The van der Waals surface area contributed by atoms with E-state index < -0.39 is 0 Å². The normalized spacial score (nSPS) is 10.8. The van der Waals surface area contributed by atoms with Crippen molar-refractivity contribution in [1.29, 1.82) is 0 Å². The molecule has 0 amide bonds. The highest BCUT2D eigenvalue weighted by molar-refractivity contribution is 5.85. The summed E-state index contributed by atoms with van der Waals surface area (Å²) in [6.45, 7) is 4.26. The third-order valence-electron chi connectivity index (χ3n) is 3.24. The Balaban J connectivity index is 2.58. The number of ether oxygens (including phenoxy) is 1. The van der Waals surface area contributed by atoms with Gasteiger partial charge in [0.25, 0.3) is 0 Å². The van der Waals surface area contributed by atoms with Crippen LogP contribution in [0.2, 0.25) is 0 Å². The molecular weight excluding hydrogens is 240 g/mol. The SMILES string of the molecule is COc1cc(C(C)C)ccc1-c1ncn(C)c1C=O. The predicted molar refractivity (Wildman–Crippen MR) is 74.7 cm³/mol. The minimum absolute atomic E-state index is 0.428. The van der Waals surface area contributed by atoms with Crippen LogP contribution in [0.3, 0.4) is 0 Å². The van der Waals surface area contributed by atoms with Crippen LogP contribution in [0.4, 0.5) is 0 Å². The Morgan fingerprint density at radius 2 is 2.11 bits per heavy atom. The number of hydrogen-bond donors (Lipinski definition) is 0. The molecule has 4 nitrogen and oxygen atoms in total.